The number of oxazole rings is 1. The number of piperidine rings is 1. The highest BCUT2D eigenvalue weighted by Crippen LogP contribution is 2.42. The number of amides is 2. The van der Waals surface area contributed by atoms with Gasteiger partial charge in [0, 0.05) is 31.3 Å². The zero-order chi connectivity index (χ0) is 25.2. The number of esters is 1. The highest BCUT2D eigenvalue weighted by molar-refractivity contribution is 5.84. The Labute approximate surface area is 202 Å². The van der Waals surface area contributed by atoms with E-state index in [1.54, 1.807) is 43.5 Å². The number of nitrogens with zero attached hydrogens (tertiary/aromatic N) is 3. The molecule has 0 unspecified atom stereocenters. The number of aromatic nitrogens is 1. The summed E-state index contributed by atoms with van der Waals surface area (Å²) in [6.07, 6.45) is 0.410. The first kappa shape index (κ1) is 24.1. The number of carbonyl (C=O) groups excluding carboxylic acids is 2. The Balaban J connectivity index is 1.80. The maximum absolute atomic E-state index is 13.1. The van der Waals surface area contributed by atoms with Crippen LogP contribution in [0, 0.1) is 0 Å². The molecule has 0 atom stereocenters. The molecule has 2 N–H and O–H groups in total. The van der Waals surface area contributed by atoms with Gasteiger partial charge in [0.25, 0.3) is 0 Å². The van der Waals surface area contributed by atoms with E-state index in [0.29, 0.717) is 27.8 Å². The molecule has 10 heteroatoms. The van der Waals surface area contributed by atoms with Crippen LogP contribution in [0.15, 0.2) is 52.9 Å². The van der Waals surface area contributed by atoms with E-state index in [9.17, 15) is 19.9 Å². The topological polar surface area (TPSA) is 126 Å². The largest absolute Gasteiger partial charge is 0.508 e. The van der Waals surface area contributed by atoms with Crippen LogP contribution in [0.3, 0.4) is 0 Å². The number of carbonyl (C=O) groups is 2. The molecule has 0 bridgehead atoms. The molecule has 3 aromatic rings. The third-order valence-corrected chi connectivity index (χ3v) is 6.27. The number of rotatable bonds is 5. The molecule has 0 spiro atoms. The van der Waals surface area contributed by atoms with Gasteiger partial charge in [-0.3, -0.25) is 10.0 Å². The van der Waals surface area contributed by atoms with Crippen LogP contribution in [0.5, 0.6) is 11.5 Å². The maximum atomic E-state index is 13.1. The smallest absolute Gasteiger partial charge is 0.343 e. The van der Waals surface area contributed by atoms with E-state index in [1.165, 1.54) is 19.1 Å². The van der Waals surface area contributed by atoms with Crippen molar-refractivity contribution in [2.24, 2.45) is 0 Å². The number of methoxy groups -OCH3 is 2. The Hall–Kier alpha value is -4.05. The summed E-state index contributed by atoms with van der Waals surface area (Å²) in [5.74, 6) is 0.892. The second kappa shape index (κ2) is 9.67. The first-order valence-electron chi connectivity index (χ1n) is 11.0. The molecule has 10 nitrogen and oxygen atoms in total. The lowest BCUT2D eigenvalue weighted by atomic mass is 9.78. The summed E-state index contributed by atoms with van der Waals surface area (Å²) in [7, 11) is 4.14. The molecular formula is C25H27N3O7. The minimum absolute atomic E-state index is 0.108. The second-order valence-electron chi connectivity index (χ2n) is 8.34. The molecule has 1 aliphatic heterocycles. The molecule has 1 saturated heterocycles. The number of benzene rings is 2. The SMILES string of the molecule is COC(=O)C1(c2nc(-c3ccc(OC)cc3)c(-c3ccc(O)cc3)o2)CCN(C(=O)N(C)O)CC1. The first-order valence-corrected chi connectivity index (χ1v) is 11.0. The average Bonchev–Trinajstić information content (AvgIpc) is 3.34. The Morgan fingerprint density at radius 1 is 1.03 bits per heavy atom. The third kappa shape index (κ3) is 4.52. The molecule has 0 saturated carbocycles. The Morgan fingerprint density at radius 3 is 2.17 bits per heavy atom. The quantitative estimate of drug-likeness (QED) is 0.321. The van der Waals surface area contributed by atoms with E-state index in [0.717, 1.165) is 5.56 Å². The van der Waals surface area contributed by atoms with Crippen LogP contribution in [-0.2, 0) is 14.9 Å². The predicted molar refractivity (Wildman–Crippen MR) is 125 cm³/mol. The summed E-state index contributed by atoms with van der Waals surface area (Å²) in [5, 5.41) is 19.8. The molecule has 1 aromatic heterocycles. The number of phenolic OH excluding ortho intramolecular Hbond substituents is 1. The number of hydrogen-bond donors (Lipinski definition) is 2. The lowest BCUT2D eigenvalue weighted by molar-refractivity contribution is -0.150. The molecule has 2 aromatic carbocycles. The number of urea groups is 1. The minimum Gasteiger partial charge on any atom is -0.508 e. The van der Waals surface area contributed by atoms with Gasteiger partial charge in [-0.2, -0.15) is 0 Å². The van der Waals surface area contributed by atoms with E-state index in [-0.39, 0.29) is 37.6 Å². The molecule has 2 amide bonds. The van der Waals surface area contributed by atoms with Gasteiger partial charge in [-0.1, -0.05) is 0 Å². The minimum atomic E-state index is -1.21. The van der Waals surface area contributed by atoms with Crippen molar-refractivity contribution in [2.75, 3.05) is 34.4 Å². The molecule has 1 fully saturated rings. The van der Waals surface area contributed by atoms with Crippen LogP contribution in [0.25, 0.3) is 22.6 Å². The van der Waals surface area contributed by atoms with Crippen molar-refractivity contribution in [1.82, 2.24) is 14.9 Å². The van der Waals surface area contributed by atoms with Gasteiger partial charge < -0.3 is 23.9 Å². The van der Waals surface area contributed by atoms with E-state index in [4.69, 9.17) is 18.9 Å². The van der Waals surface area contributed by atoms with E-state index in [1.807, 2.05) is 12.1 Å². The molecule has 1 aliphatic rings. The number of aromatic hydroxyl groups is 1. The second-order valence-corrected chi connectivity index (χ2v) is 8.34. The van der Waals surface area contributed by atoms with Crippen LogP contribution >= 0.6 is 0 Å². The molecule has 184 valence electrons. The van der Waals surface area contributed by atoms with Gasteiger partial charge in [-0.25, -0.2) is 14.8 Å². The number of likely N-dealkylation sites (tertiary alicyclic amines) is 1. The molecule has 0 radical (unpaired) electrons. The lowest BCUT2D eigenvalue weighted by Gasteiger charge is -2.38. The highest BCUT2D eigenvalue weighted by Gasteiger charge is 2.49. The van der Waals surface area contributed by atoms with Crippen molar-refractivity contribution >= 4 is 12.0 Å². The predicted octanol–water partition coefficient (Wildman–Crippen LogP) is 3.67. The van der Waals surface area contributed by atoms with Crippen molar-refractivity contribution < 1.29 is 33.8 Å². The van der Waals surface area contributed by atoms with Crippen LogP contribution < -0.4 is 4.74 Å². The van der Waals surface area contributed by atoms with Gasteiger partial charge in [0.2, 0.25) is 5.89 Å². The maximum Gasteiger partial charge on any atom is 0.343 e. The van der Waals surface area contributed by atoms with E-state index < -0.39 is 17.4 Å². The highest BCUT2D eigenvalue weighted by atomic mass is 16.5. The van der Waals surface area contributed by atoms with Gasteiger partial charge in [-0.15, -0.1) is 0 Å². The summed E-state index contributed by atoms with van der Waals surface area (Å²) >= 11 is 0. The van der Waals surface area contributed by atoms with Gasteiger partial charge in [0.15, 0.2) is 5.76 Å². The summed E-state index contributed by atoms with van der Waals surface area (Å²) in [4.78, 5) is 31.5. The van der Waals surface area contributed by atoms with Gasteiger partial charge >= 0.3 is 12.0 Å². The normalized spacial score (nSPS) is 14.9. The molecule has 0 aliphatic carbocycles. The lowest BCUT2D eigenvalue weighted by Crippen LogP contribution is -2.51. The first-order chi connectivity index (χ1) is 16.8. The number of ether oxygens (including phenoxy) is 2. The van der Waals surface area contributed by atoms with Crippen LogP contribution in [0.4, 0.5) is 4.79 Å². The zero-order valence-corrected chi connectivity index (χ0v) is 19.7. The molecule has 2 heterocycles. The van der Waals surface area contributed by atoms with Crippen molar-refractivity contribution in [3.63, 3.8) is 0 Å². The fraction of sp³-hybridized carbons (Fsp3) is 0.320. The van der Waals surface area contributed by atoms with Crippen molar-refractivity contribution in [1.29, 1.82) is 0 Å². The molecule has 35 heavy (non-hydrogen) atoms. The van der Waals surface area contributed by atoms with Gasteiger partial charge in [-0.05, 0) is 61.4 Å². The zero-order valence-electron chi connectivity index (χ0n) is 19.7. The van der Waals surface area contributed by atoms with Crippen LogP contribution in [-0.4, -0.2) is 71.6 Å². The summed E-state index contributed by atoms with van der Waals surface area (Å²) in [6.45, 7) is 0.404. The van der Waals surface area contributed by atoms with Gasteiger partial charge in [0.1, 0.15) is 22.6 Å². The van der Waals surface area contributed by atoms with Crippen molar-refractivity contribution in [2.45, 2.75) is 18.3 Å². The number of phenols is 1. The average molecular weight is 482 g/mol. The fourth-order valence-corrected chi connectivity index (χ4v) is 4.26. The fourth-order valence-electron chi connectivity index (χ4n) is 4.26. The van der Waals surface area contributed by atoms with Crippen LogP contribution in [0.1, 0.15) is 18.7 Å². The summed E-state index contributed by atoms with van der Waals surface area (Å²) < 4.78 is 16.7. The van der Waals surface area contributed by atoms with Crippen molar-refractivity contribution in [3.05, 3.63) is 54.4 Å². The van der Waals surface area contributed by atoms with Crippen LogP contribution in [0.2, 0.25) is 0 Å². The number of hydroxylamine groups is 2. The Kier molecular flexibility index (Phi) is 6.65. The molecule has 4 rings (SSSR count). The number of hydrogen-bond acceptors (Lipinski definition) is 8. The van der Waals surface area contributed by atoms with Crippen molar-refractivity contribution in [3.8, 4) is 34.1 Å². The third-order valence-electron chi connectivity index (χ3n) is 6.27. The Bertz CT molecular complexity index is 1190. The van der Waals surface area contributed by atoms with E-state index in [2.05, 4.69) is 0 Å². The summed E-state index contributed by atoms with van der Waals surface area (Å²) in [6, 6.07) is 13.2. The van der Waals surface area contributed by atoms with E-state index >= 15 is 0 Å². The Morgan fingerprint density at radius 2 is 1.63 bits per heavy atom. The summed E-state index contributed by atoms with van der Waals surface area (Å²) in [5.41, 5.74) is 0.723. The standard InChI is InChI=1S/C25H27N3O7/c1-27(32)24(31)28-14-12-25(13-15-28,23(30)34-3)22-26-20(16-6-10-19(33-2)11-7-16)21(35-22)17-4-8-18(29)9-5-17/h4-11,29,32H,12-15H2,1-3H3. The molecular weight excluding hydrogens is 454 g/mol. The van der Waals surface area contributed by atoms with Gasteiger partial charge in [0.05, 0.1) is 14.2 Å². The monoisotopic (exact) mass is 481 g/mol.